The number of amides is 2. The van der Waals surface area contributed by atoms with Gasteiger partial charge in [0.15, 0.2) is 18.2 Å². The highest BCUT2D eigenvalue weighted by atomic mass is 35.5. The van der Waals surface area contributed by atoms with Crippen LogP contribution in [0.4, 0.5) is 4.39 Å². The molecule has 0 saturated heterocycles. The van der Waals surface area contributed by atoms with Crippen LogP contribution in [0.15, 0.2) is 48.5 Å². The van der Waals surface area contributed by atoms with E-state index >= 15 is 0 Å². The molecule has 2 aromatic rings. The van der Waals surface area contributed by atoms with Crippen LogP contribution in [-0.4, -0.2) is 35.9 Å². The first-order valence-corrected chi connectivity index (χ1v) is 10.0. The minimum absolute atomic E-state index is 0.00391. The molecule has 7 heteroatoms. The normalized spacial score (nSPS) is 11.6. The lowest BCUT2D eigenvalue weighted by molar-refractivity contribution is -0.143. The van der Waals surface area contributed by atoms with Crippen LogP contribution < -0.4 is 10.1 Å². The van der Waals surface area contributed by atoms with Crippen molar-refractivity contribution in [1.82, 2.24) is 10.2 Å². The number of nitrogens with one attached hydrogen (secondary N) is 1. The summed E-state index contributed by atoms with van der Waals surface area (Å²) in [6.45, 7) is 4.18. The van der Waals surface area contributed by atoms with Gasteiger partial charge in [0.05, 0.1) is 0 Å². The van der Waals surface area contributed by atoms with Gasteiger partial charge < -0.3 is 15.0 Å². The first kappa shape index (κ1) is 22.7. The summed E-state index contributed by atoms with van der Waals surface area (Å²) in [5.74, 6) is -1.17. The lowest BCUT2D eigenvalue weighted by Crippen LogP contribution is -2.50. The maximum absolute atomic E-state index is 13.8. The average Bonchev–Trinajstić information content (AvgIpc) is 2.72. The largest absolute Gasteiger partial charge is 0.481 e. The molecule has 0 aromatic heterocycles. The van der Waals surface area contributed by atoms with Crippen molar-refractivity contribution >= 4 is 23.4 Å². The molecule has 1 N–H and O–H groups in total. The number of para-hydroxylation sites is 1. The Bertz CT molecular complexity index is 814. The molecule has 0 saturated carbocycles. The molecule has 0 bridgehead atoms. The van der Waals surface area contributed by atoms with Gasteiger partial charge in [-0.05, 0) is 42.7 Å². The smallest absolute Gasteiger partial charge is 0.261 e. The summed E-state index contributed by atoms with van der Waals surface area (Å²) in [6.07, 6.45) is 1.23. The zero-order valence-corrected chi connectivity index (χ0v) is 17.4. The summed E-state index contributed by atoms with van der Waals surface area (Å²) < 4.78 is 19.2. The summed E-state index contributed by atoms with van der Waals surface area (Å²) in [6, 6.07) is 12.3. The van der Waals surface area contributed by atoms with Crippen molar-refractivity contribution in [3.63, 3.8) is 0 Å². The van der Waals surface area contributed by atoms with Crippen molar-refractivity contribution in [2.75, 3.05) is 13.2 Å². The van der Waals surface area contributed by atoms with Crippen LogP contribution in [0.25, 0.3) is 0 Å². The Balaban J connectivity index is 2.19. The zero-order valence-electron chi connectivity index (χ0n) is 16.7. The number of hydrogen-bond acceptors (Lipinski definition) is 3. The molecule has 0 aliphatic rings. The number of ether oxygens (including phenoxy) is 1. The second-order valence-corrected chi connectivity index (χ2v) is 7.02. The van der Waals surface area contributed by atoms with Gasteiger partial charge in [-0.1, -0.05) is 49.7 Å². The second kappa shape index (κ2) is 11.4. The Morgan fingerprint density at radius 2 is 1.83 bits per heavy atom. The number of hydrogen-bond donors (Lipinski definition) is 1. The minimum atomic E-state index is -0.658. The van der Waals surface area contributed by atoms with Crippen LogP contribution in [0.1, 0.15) is 32.3 Å². The highest BCUT2D eigenvalue weighted by molar-refractivity contribution is 6.30. The molecule has 0 radical (unpaired) electrons. The summed E-state index contributed by atoms with van der Waals surface area (Å²) in [4.78, 5) is 27.0. The molecule has 5 nitrogen and oxygen atoms in total. The third-order valence-corrected chi connectivity index (χ3v) is 4.64. The van der Waals surface area contributed by atoms with Gasteiger partial charge in [-0.3, -0.25) is 9.59 Å². The van der Waals surface area contributed by atoms with Gasteiger partial charge in [0.1, 0.15) is 6.04 Å². The summed E-state index contributed by atoms with van der Waals surface area (Å²) >= 11 is 5.94. The lowest BCUT2D eigenvalue weighted by atomic mass is 10.1. The summed E-state index contributed by atoms with van der Waals surface area (Å²) in [7, 11) is 0. The monoisotopic (exact) mass is 420 g/mol. The average molecular weight is 421 g/mol. The molecule has 29 heavy (non-hydrogen) atoms. The molecule has 0 spiro atoms. The van der Waals surface area contributed by atoms with Crippen LogP contribution >= 0.6 is 11.6 Å². The number of carbonyl (C=O) groups excluding carboxylic acids is 2. The van der Waals surface area contributed by atoms with Crippen LogP contribution in [-0.2, 0) is 16.1 Å². The van der Waals surface area contributed by atoms with Gasteiger partial charge in [-0.25, -0.2) is 4.39 Å². The van der Waals surface area contributed by atoms with Crippen LogP contribution in [0.2, 0.25) is 5.02 Å². The standard InChI is InChI=1S/C22H26ClFN2O3/c1-3-13-25-22(28)19(4-2)26(14-16-9-11-17(23)12-10-16)21(27)15-29-20-8-6-5-7-18(20)24/h5-12,19H,3-4,13-15H2,1-2H3,(H,25,28)/t19-/m0/s1. The van der Waals surface area contributed by atoms with Crippen molar-refractivity contribution < 1.29 is 18.7 Å². The molecule has 0 aliphatic carbocycles. The Morgan fingerprint density at radius 3 is 2.45 bits per heavy atom. The SMILES string of the molecule is CCCNC(=O)[C@H](CC)N(Cc1ccc(Cl)cc1)C(=O)COc1ccccc1F. The van der Waals surface area contributed by atoms with Crippen molar-refractivity contribution in [2.24, 2.45) is 0 Å². The molecule has 2 aromatic carbocycles. The van der Waals surface area contributed by atoms with Crippen LogP contribution in [0.3, 0.4) is 0 Å². The van der Waals surface area contributed by atoms with Crippen LogP contribution in [0.5, 0.6) is 5.75 Å². The molecule has 0 aliphatic heterocycles. The number of nitrogens with zero attached hydrogens (tertiary/aromatic N) is 1. The first-order valence-electron chi connectivity index (χ1n) is 9.65. The first-order chi connectivity index (χ1) is 14.0. The molecular formula is C22H26ClFN2O3. The van der Waals surface area contributed by atoms with Crippen molar-refractivity contribution in [3.8, 4) is 5.75 Å². The van der Waals surface area contributed by atoms with E-state index in [1.54, 1.807) is 36.4 Å². The highest BCUT2D eigenvalue weighted by Gasteiger charge is 2.28. The topological polar surface area (TPSA) is 58.6 Å². The van der Waals surface area contributed by atoms with Gasteiger partial charge in [0.25, 0.3) is 5.91 Å². The molecule has 0 unspecified atom stereocenters. The molecule has 0 fully saturated rings. The van der Waals surface area contributed by atoms with Crippen molar-refractivity contribution in [2.45, 2.75) is 39.3 Å². The van der Waals surface area contributed by atoms with E-state index in [0.29, 0.717) is 18.0 Å². The maximum Gasteiger partial charge on any atom is 0.261 e. The summed E-state index contributed by atoms with van der Waals surface area (Å²) in [5, 5.41) is 3.43. The molecule has 0 heterocycles. The second-order valence-electron chi connectivity index (χ2n) is 6.58. The van der Waals surface area contributed by atoms with Gasteiger partial charge in [-0.15, -0.1) is 0 Å². The molecular weight excluding hydrogens is 395 g/mol. The predicted octanol–water partition coefficient (Wildman–Crippen LogP) is 4.19. The highest BCUT2D eigenvalue weighted by Crippen LogP contribution is 2.18. The number of rotatable bonds is 10. The Kier molecular flexibility index (Phi) is 8.93. The number of carbonyl (C=O) groups is 2. The van der Waals surface area contributed by atoms with Gasteiger partial charge in [-0.2, -0.15) is 0 Å². The van der Waals surface area contributed by atoms with Gasteiger partial charge in [0, 0.05) is 18.1 Å². The Labute approximate surface area is 175 Å². The zero-order chi connectivity index (χ0) is 21.2. The fourth-order valence-electron chi connectivity index (χ4n) is 2.86. The third kappa shape index (κ3) is 6.75. The van der Waals surface area contributed by atoms with E-state index < -0.39 is 17.8 Å². The fraction of sp³-hybridized carbons (Fsp3) is 0.364. The molecule has 156 valence electrons. The van der Waals surface area contributed by atoms with Crippen LogP contribution in [0, 0.1) is 5.82 Å². The molecule has 2 rings (SSSR count). The predicted molar refractivity (Wildman–Crippen MR) is 111 cm³/mol. The van der Waals surface area contributed by atoms with E-state index in [9.17, 15) is 14.0 Å². The summed E-state index contributed by atoms with van der Waals surface area (Å²) in [5.41, 5.74) is 0.829. The van der Waals surface area contributed by atoms with E-state index in [0.717, 1.165) is 12.0 Å². The van der Waals surface area contributed by atoms with Crippen molar-refractivity contribution in [1.29, 1.82) is 0 Å². The number of halogens is 2. The van der Waals surface area contributed by atoms with Crippen molar-refractivity contribution in [3.05, 3.63) is 64.9 Å². The van der Waals surface area contributed by atoms with E-state index in [1.165, 1.54) is 17.0 Å². The Hall–Kier alpha value is -2.60. The lowest BCUT2D eigenvalue weighted by Gasteiger charge is -2.30. The van der Waals surface area contributed by atoms with E-state index in [2.05, 4.69) is 5.32 Å². The quantitative estimate of drug-likeness (QED) is 0.627. The van der Waals surface area contributed by atoms with E-state index in [-0.39, 0.29) is 24.8 Å². The molecule has 2 amide bonds. The Morgan fingerprint density at radius 1 is 1.14 bits per heavy atom. The maximum atomic E-state index is 13.8. The number of benzene rings is 2. The van der Waals surface area contributed by atoms with Gasteiger partial charge >= 0.3 is 0 Å². The third-order valence-electron chi connectivity index (χ3n) is 4.39. The minimum Gasteiger partial charge on any atom is -0.481 e. The van der Waals surface area contributed by atoms with Gasteiger partial charge in [0.2, 0.25) is 5.91 Å². The molecule has 1 atom stereocenters. The van der Waals surface area contributed by atoms with E-state index in [1.807, 2.05) is 13.8 Å². The fourth-order valence-corrected chi connectivity index (χ4v) is 2.98. The van der Waals surface area contributed by atoms with E-state index in [4.69, 9.17) is 16.3 Å².